The molecule has 2 unspecified atom stereocenters. The number of thiophene rings is 1. The van der Waals surface area contributed by atoms with Crippen LogP contribution in [0.4, 0.5) is 0 Å². The standard InChI is InChI=1S/C15H23BrN2S/c1-2-3-13-8-18(9-14-6-12(16)10-19-14)15(7-17-13)11-4-5-11/h6,10-11,13,15,17H,2-5,7-9H2,1H3. The molecule has 4 heteroatoms. The molecule has 0 radical (unpaired) electrons. The van der Waals surface area contributed by atoms with Gasteiger partial charge in [0.1, 0.15) is 0 Å². The van der Waals surface area contributed by atoms with E-state index >= 15 is 0 Å². The molecule has 1 aromatic rings. The summed E-state index contributed by atoms with van der Waals surface area (Å²) in [6, 6.07) is 3.75. The summed E-state index contributed by atoms with van der Waals surface area (Å²) in [7, 11) is 0. The van der Waals surface area contributed by atoms with Crippen LogP contribution >= 0.6 is 27.3 Å². The molecule has 19 heavy (non-hydrogen) atoms. The van der Waals surface area contributed by atoms with E-state index in [2.05, 4.69) is 44.5 Å². The summed E-state index contributed by atoms with van der Waals surface area (Å²) in [6.07, 6.45) is 5.47. The van der Waals surface area contributed by atoms with Crippen LogP contribution in [0.15, 0.2) is 15.9 Å². The molecule has 106 valence electrons. The first kappa shape index (κ1) is 14.1. The van der Waals surface area contributed by atoms with Crippen LogP contribution in [0, 0.1) is 5.92 Å². The molecule has 0 bridgehead atoms. The molecule has 1 N–H and O–H groups in total. The summed E-state index contributed by atoms with van der Waals surface area (Å²) in [6.45, 7) is 5.85. The summed E-state index contributed by atoms with van der Waals surface area (Å²) in [5.74, 6) is 0.957. The Labute approximate surface area is 128 Å². The number of piperazine rings is 1. The molecule has 2 heterocycles. The first-order chi connectivity index (χ1) is 9.26. The number of hydrogen-bond acceptors (Lipinski definition) is 3. The van der Waals surface area contributed by atoms with Gasteiger partial charge in [-0.15, -0.1) is 11.3 Å². The molecule has 2 nitrogen and oxygen atoms in total. The van der Waals surface area contributed by atoms with Crippen molar-refractivity contribution >= 4 is 27.3 Å². The van der Waals surface area contributed by atoms with E-state index < -0.39 is 0 Å². The van der Waals surface area contributed by atoms with Crippen LogP contribution in [0.25, 0.3) is 0 Å². The van der Waals surface area contributed by atoms with Crippen LogP contribution in [0.3, 0.4) is 0 Å². The normalized spacial score (nSPS) is 28.7. The van der Waals surface area contributed by atoms with Crippen molar-refractivity contribution in [3.05, 3.63) is 20.8 Å². The molecule has 0 aromatic carbocycles. The van der Waals surface area contributed by atoms with Crippen LogP contribution < -0.4 is 5.32 Å². The summed E-state index contributed by atoms with van der Waals surface area (Å²) in [4.78, 5) is 4.24. The van der Waals surface area contributed by atoms with E-state index in [1.54, 1.807) is 0 Å². The van der Waals surface area contributed by atoms with Gasteiger partial charge in [-0.1, -0.05) is 13.3 Å². The average molecular weight is 343 g/mol. The summed E-state index contributed by atoms with van der Waals surface area (Å²) >= 11 is 5.45. The summed E-state index contributed by atoms with van der Waals surface area (Å²) in [5.41, 5.74) is 0. The molecule has 0 amide bonds. The van der Waals surface area contributed by atoms with Crippen molar-refractivity contribution in [2.75, 3.05) is 13.1 Å². The van der Waals surface area contributed by atoms with Crippen molar-refractivity contribution in [3.8, 4) is 0 Å². The SMILES string of the molecule is CCCC1CN(Cc2cc(Br)cs2)C(C2CC2)CN1. The lowest BCUT2D eigenvalue weighted by Crippen LogP contribution is -2.56. The van der Waals surface area contributed by atoms with E-state index in [1.807, 2.05) is 11.3 Å². The zero-order valence-electron chi connectivity index (χ0n) is 11.6. The molecule has 1 aliphatic heterocycles. The first-order valence-electron chi connectivity index (χ1n) is 7.46. The molecule has 2 fully saturated rings. The molecular weight excluding hydrogens is 320 g/mol. The topological polar surface area (TPSA) is 15.3 Å². The van der Waals surface area contributed by atoms with Gasteiger partial charge < -0.3 is 5.32 Å². The van der Waals surface area contributed by atoms with E-state index in [9.17, 15) is 0 Å². The van der Waals surface area contributed by atoms with Crippen LogP contribution in [-0.4, -0.2) is 30.1 Å². The van der Waals surface area contributed by atoms with Gasteiger partial charge in [-0.05, 0) is 47.2 Å². The Morgan fingerprint density at radius 1 is 1.47 bits per heavy atom. The lowest BCUT2D eigenvalue weighted by atomic mass is 10.0. The summed E-state index contributed by atoms with van der Waals surface area (Å²) in [5, 5.41) is 5.97. The van der Waals surface area contributed by atoms with Gasteiger partial charge in [0.2, 0.25) is 0 Å². The quantitative estimate of drug-likeness (QED) is 0.873. The highest BCUT2D eigenvalue weighted by molar-refractivity contribution is 9.10. The molecule has 0 spiro atoms. The largest absolute Gasteiger partial charge is 0.311 e. The minimum Gasteiger partial charge on any atom is -0.311 e. The Kier molecular flexibility index (Phi) is 4.62. The Hall–Kier alpha value is 0.1000. The summed E-state index contributed by atoms with van der Waals surface area (Å²) < 4.78 is 1.23. The number of rotatable bonds is 5. The van der Waals surface area contributed by atoms with Crippen molar-refractivity contribution in [3.63, 3.8) is 0 Å². The van der Waals surface area contributed by atoms with Gasteiger partial charge in [-0.2, -0.15) is 0 Å². The Balaban J connectivity index is 1.66. The molecule has 1 aliphatic carbocycles. The molecule has 1 aromatic heterocycles. The number of nitrogens with one attached hydrogen (secondary N) is 1. The third kappa shape index (κ3) is 3.60. The number of halogens is 1. The van der Waals surface area contributed by atoms with Gasteiger partial charge in [0.25, 0.3) is 0 Å². The highest BCUT2D eigenvalue weighted by atomic mass is 79.9. The molecule has 1 saturated heterocycles. The maximum atomic E-state index is 3.76. The number of hydrogen-bond donors (Lipinski definition) is 1. The van der Waals surface area contributed by atoms with Crippen LogP contribution in [-0.2, 0) is 6.54 Å². The predicted octanol–water partition coefficient (Wildman–Crippen LogP) is 3.86. The fourth-order valence-electron chi connectivity index (χ4n) is 3.21. The fraction of sp³-hybridized carbons (Fsp3) is 0.733. The lowest BCUT2D eigenvalue weighted by molar-refractivity contribution is 0.105. The predicted molar refractivity (Wildman–Crippen MR) is 85.6 cm³/mol. The molecule has 3 rings (SSSR count). The highest BCUT2D eigenvalue weighted by Gasteiger charge is 2.38. The van der Waals surface area contributed by atoms with Crippen LogP contribution in [0.2, 0.25) is 0 Å². The maximum absolute atomic E-state index is 3.76. The van der Waals surface area contributed by atoms with Crippen molar-refractivity contribution in [1.82, 2.24) is 10.2 Å². The zero-order valence-corrected chi connectivity index (χ0v) is 14.0. The van der Waals surface area contributed by atoms with Gasteiger partial charge in [0, 0.05) is 46.4 Å². The monoisotopic (exact) mass is 342 g/mol. The third-order valence-corrected chi connectivity index (χ3v) is 6.01. The average Bonchev–Trinajstić information content (AvgIpc) is 3.14. The molecular formula is C15H23BrN2S. The van der Waals surface area contributed by atoms with E-state index in [4.69, 9.17) is 0 Å². The third-order valence-electron chi connectivity index (χ3n) is 4.32. The molecule has 1 saturated carbocycles. The van der Waals surface area contributed by atoms with Gasteiger partial charge in [-0.25, -0.2) is 0 Å². The second-order valence-electron chi connectivity index (χ2n) is 5.96. The first-order valence-corrected chi connectivity index (χ1v) is 9.14. The van der Waals surface area contributed by atoms with Gasteiger partial charge >= 0.3 is 0 Å². The van der Waals surface area contributed by atoms with Crippen molar-refractivity contribution in [1.29, 1.82) is 0 Å². The van der Waals surface area contributed by atoms with Crippen molar-refractivity contribution < 1.29 is 0 Å². The smallest absolute Gasteiger partial charge is 0.0332 e. The molecule has 2 aliphatic rings. The zero-order chi connectivity index (χ0) is 13.2. The van der Waals surface area contributed by atoms with E-state index in [0.717, 1.165) is 18.5 Å². The maximum Gasteiger partial charge on any atom is 0.0332 e. The molecule has 2 atom stereocenters. The highest BCUT2D eigenvalue weighted by Crippen LogP contribution is 2.37. The van der Waals surface area contributed by atoms with E-state index in [1.165, 1.54) is 48.1 Å². The van der Waals surface area contributed by atoms with Gasteiger partial charge in [-0.3, -0.25) is 4.90 Å². The minimum absolute atomic E-state index is 0.698. The van der Waals surface area contributed by atoms with Crippen molar-refractivity contribution in [2.24, 2.45) is 5.92 Å². The lowest BCUT2D eigenvalue weighted by Gasteiger charge is -2.40. The Morgan fingerprint density at radius 3 is 2.95 bits per heavy atom. The van der Waals surface area contributed by atoms with E-state index in [-0.39, 0.29) is 0 Å². The second kappa shape index (κ2) is 6.25. The Morgan fingerprint density at radius 2 is 2.32 bits per heavy atom. The van der Waals surface area contributed by atoms with Crippen LogP contribution in [0.5, 0.6) is 0 Å². The van der Waals surface area contributed by atoms with E-state index in [0.29, 0.717) is 6.04 Å². The number of nitrogens with zero attached hydrogens (tertiary/aromatic N) is 1. The van der Waals surface area contributed by atoms with Crippen LogP contribution in [0.1, 0.15) is 37.5 Å². The Bertz CT molecular complexity index is 416. The van der Waals surface area contributed by atoms with Crippen molar-refractivity contribution in [2.45, 2.75) is 51.2 Å². The second-order valence-corrected chi connectivity index (χ2v) is 7.87. The fourth-order valence-corrected chi connectivity index (χ4v) is 4.68. The van der Waals surface area contributed by atoms with Gasteiger partial charge in [0.05, 0.1) is 0 Å². The minimum atomic E-state index is 0.698. The van der Waals surface area contributed by atoms with Gasteiger partial charge in [0.15, 0.2) is 0 Å².